The Morgan fingerprint density at radius 3 is 2.89 bits per heavy atom. The molecule has 0 bridgehead atoms. The number of carbonyl (C=O) groups is 1. The maximum absolute atomic E-state index is 13.0. The summed E-state index contributed by atoms with van der Waals surface area (Å²) >= 11 is 0. The van der Waals surface area contributed by atoms with Crippen molar-refractivity contribution < 1.29 is 22.4 Å². The molecule has 27 heavy (non-hydrogen) atoms. The average molecular weight is 382 g/mol. The fourth-order valence-electron chi connectivity index (χ4n) is 3.24. The smallest absolute Gasteiger partial charge is 0.451 e. The molecule has 146 valence electrons. The molecule has 6 nitrogen and oxygen atoms in total. The number of aromatic nitrogens is 2. The summed E-state index contributed by atoms with van der Waals surface area (Å²) in [5.74, 6) is -1.26. The van der Waals surface area contributed by atoms with Gasteiger partial charge in [-0.05, 0) is 37.8 Å². The van der Waals surface area contributed by atoms with Gasteiger partial charge in [0.15, 0.2) is 0 Å². The van der Waals surface area contributed by atoms with Gasteiger partial charge in [-0.1, -0.05) is 6.92 Å². The molecule has 1 N–H and O–H groups in total. The first-order chi connectivity index (χ1) is 12.9. The van der Waals surface area contributed by atoms with E-state index in [4.69, 9.17) is 4.42 Å². The number of anilines is 1. The minimum Gasteiger partial charge on any atom is -0.467 e. The van der Waals surface area contributed by atoms with E-state index in [2.05, 4.69) is 15.3 Å². The van der Waals surface area contributed by atoms with E-state index >= 15 is 0 Å². The summed E-state index contributed by atoms with van der Waals surface area (Å²) < 4.78 is 44.2. The Bertz CT molecular complexity index is 777. The molecule has 0 saturated carbocycles. The predicted molar refractivity (Wildman–Crippen MR) is 92.0 cm³/mol. The van der Waals surface area contributed by atoms with Crippen molar-refractivity contribution in [1.29, 1.82) is 0 Å². The Labute approximate surface area is 154 Å². The molecule has 0 spiro atoms. The number of halogens is 3. The molecule has 0 aliphatic carbocycles. The van der Waals surface area contributed by atoms with Crippen LogP contribution in [0.4, 0.5) is 19.0 Å². The van der Waals surface area contributed by atoms with Crippen LogP contribution in [0.1, 0.15) is 54.5 Å². The molecule has 1 aliphatic heterocycles. The number of furan rings is 1. The lowest BCUT2D eigenvalue weighted by atomic mass is 9.99. The van der Waals surface area contributed by atoms with E-state index in [9.17, 15) is 18.0 Å². The number of nitrogens with one attached hydrogen (secondary N) is 1. The second kappa shape index (κ2) is 7.98. The summed E-state index contributed by atoms with van der Waals surface area (Å²) in [6.07, 6.45) is 1.32. The molecule has 3 heterocycles. The van der Waals surface area contributed by atoms with Crippen molar-refractivity contribution in [1.82, 2.24) is 14.9 Å². The van der Waals surface area contributed by atoms with Gasteiger partial charge in [-0.25, -0.2) is 9.97 Å². The van der Waals surface area contributed by atoms with Gasteiger partial charge >= 0.3 is 6.18 Å². The standard InChI is InChI=1S/C18H21F3N4O2/c1-2-12-6-3-4-8-25(12)16(26)14-11-23-17(18(19,20)21)24-15(14)22-10-13-7-5-9-27-13/h5,7,9,11-12H,2-4,6,8,10H2,1H3,(H,22,23,24). The van der Waals surface area contributed by atoms with E-state index in [0.717, 1.165) is 31.9 Å². The van der Waals surface area contributed by atoms with Gasteiger partial charge in [-0.2, -0.15) is 13.2 Å². The van der Waals surface area contributed by atoms with Crippen molar-refractivity contribution >= 4 is 11.7 Å². The fraction of sp³-hybridized carbons (Fsp3) is 0.500. The molecule has 2 aromatic heterocycles. The van der Waals surface area contributed by atoms with Crippen molar-refractivity contribution in [3.63, 3.8) is 0 Å². The topological polar surface area (TPSA) is 71.3 Å². The third-order valence-corrected chi connectivity index (χ3v) is 4.64. The van der Waals surface area contributed by atoms with Crippen LogP contribution in [0.3, 0.4) is 0 Å². The first kappa shape index (κ1) is 19.2. The molecular formula is C18H21F3N4O2. The molecule has 9 heteroatoms. The number of rotatable bonds is 5. The highest BCUT2D eigenvalue weighted by Crippen LogP contribution is 2.29. The van der Waals surface area contributed by atoms with Gasteiger partial charge in [0.05, 0.1) is 12.8 Å². The molecule has 1 fully saturated rings. The van der Waals surface area contributed by atoms with Crippen LogP contribution in [-0.2, 0) is 12.7 Å². The lowest BCUT2D eigenvalue weighted by Gasteiger charge is -2.35. The monoisotopic (exact) mass is 382 g/mol. The van der Waals surface area contributed by atoms with E-state index in [0.29, 0.717) is 12.3 Å². The van der Waals surface area contributed by atoms with Crippen molar-refractivity contribution in [2.24, 2.45) is 0 Å². The van der Waals surface area contributed by atoms with Gasteiger partial charge in [0.1, 0.15) is 17.1 Å². The SMILES string of the molecule is CCC1CCCCN1C(=O)c1cnc(C(F)(F)F)nc1NCc1ccco1. The van der Waals surface area contributed by atoms with Gasteiger partial charge in [0.25, 0.3) is 5.91 Å². The summed E-state index contributed by atoms with van der Waals surface area (Å²) in [5, 5.41) is 2.79. The Morgan fingerprint density at radius 1 is 1.41 bits per heavy atom. The number of hydrogen-bond acceptors (Lipinski definition) is 5. The lowest BCUT2D eigenvalue weighted by molar-refractivity contribution is -0.144. The molecule has 1 aliphatic rings. The molecule has 1 atom stereocenters. The van der Waals surface area contributed by atoms with Crippen LogP contribution in [0, 0.1) is 0 Å². The minimum absolute atomic E-state index is 0.0370. The van der Waals surface area contributed by atoms with E-state index in [1.54, 1.807) is 17.0 Å². The lowest BCUT2D eigenvalue weighted by Crippen LogP contribution is -2.43. The van der Waals surface area contributed by atoms with Crippen molar-refractivity contribution in [2.45, 2.75) is 51.4 Å². The maximum Gasteiger partial charge on any atom is 0.451 e. The summed E-state index contributed by atoms with van der Waals surface area (Å²) in [7, 11) is 0. The normalized spacial score (nSPS) is 17.8. The van der Waals surface area contributed by atoms with Crippen LogP contribution < -0.4 is 5.32 Å². The fourth-order valence-corrected chi connectivity index (χ4v) is 3.24. The highest BCUT2D eigenvalue weighted by molar-refractivity contribution is 5.98. The largest absolute Gasteiger partial charge is 0.467 e. The Balaban J connectivity index is 1.91. The Kier molecular flexibility index (Phi) is 5.67. The Hall–Kier alpha value is -2.58. The van der Waals surface area contributed by atoms with Gasteiger partial charge in [0, 0.05) is 18.8 Å². The number of piperidine rings is 1. The highest BCUT2D eigenvalue weighted by atomic mass is 19.4. The summed E-state index contributed by atoms with van der Waals surface area (Å²) in [5.41, 5.74) is 0.0370. The van der Waals surface area contributed by atoms with Crippen LogP contribution >= 0.6 is 0 Å². The summed E-state index contributed by atoms with van der Waals surface area (Å²) in [6, 6.07) is 3.42. The number of hydrogen-bond donors (Lipinski definition) is 1. The molecule has 1 amide bonds. The van der Waals surface area contributed by atoms with Gasteiger partial charge in [-0.3, -0.25) is 4.79 Å². The van der Waals surface area contributed by atoms with Crippen LogP contribution in [0.2, 0.25) is 0 Å². The molecular weight excluding hydrogens is 361 g/mol. The van der Waals surface area contributed by atoms with E-state index in [-0.39, 0.29) is 29.9 Å². The third kappa shape index (κ3) is 4.40. The number of likely N-dealkylation sites (tertiary alicyclic amines) is 1. The Morgan fingerprint density at radius 2 is 2.22 bits per heavy atom. The van der Waals surface area contributed by atoms with E-state index < -0.39 is 12.0 Å². The van der Waals surface area contributed by atoms with E-state index in [1.807, 2.05) is 6.92 Å². The molecule has 0 aromatic carbocycles. The number of nitrogens with zero attached hydrogens (tertiary/aromatic N) is 3. The van der Waals surface area contributed by atoms with E-state index in [1.165, 1.54) is 6.26 Å². The molecule has 1 unspecified atom stereocenters. The number of amides is 1. The maximum atomic E-state index is 13.0. The van der Waals surface area contributed by atoms with Crippen LogP contribution in [0.5, 0.6) is 0 Å². The quantitative estimate of drug-likeness (QED) is 0.843. The van der Waals surface area contributed by atoms with Gasteiger partial charge < -0.3 is 14.6 Å². The van der Waals surface area contributed by atoms with Crippen molar-refractivity contribution in [3.8, 4) is 0 Å². The third-order valence-electron chi connectivity index (χ3n) is 4.64. The van der Waals surface area contributed by atoms with Crippen molar-refractivity contribution in [2.75, 3.05) is 11.9 Å². The second-order valence-electron chi connectivity index (χ2n) is 6.44. The van der Waals surface area contributed by atoms with Gasteiger partial charge in [0.2, 0.25) is 5.82 Å². The molecule has 3 rings (SSSR count). The molecule has 0 radical (unpaired) electrons. The zero-order chi connectivity index (χ0) is 19.4. The summed E-state index contributed by atoms with van der Waals surface area (Å²) in [4.78, 5) is 21.7. The zero-order valence-electron chi connectivity index (χ0n) is 14.9. The zero-order valence-corrected chi connectivity index (χ0v) is 14.9. The summed E-state index contributed by atoms with van der Waals surface area (Å²) in [6.45, 7) is 2.68. The van der Waals surface area contributed by atoms with Crippen LogP contribution in [-0.4, -0.2) is 33.4 Å². The van der Waals surface area contributed by atoms with Gasteiger partial charge in [-0.15, -0.1) is 0 Å². The first-order valence-electron chi connectivity index (χ1n) is 8.91. The number of alkyl halides is 3. The number of carbonyl (C=O) groups excluding carboxylic acids is 1. The molecule has 1 saturated heterocycles. The second-order valence-corrected chi connectivity index (χ2v) is 6.44. The first-order valence-corrected chi connectivity index (χ1v) is 8.91. The van der Waals surface area contributed by atoms with Crippen LogP contribution in [0.15, 0.2) is 29.0 Å². The highest BCUT2D eigenvalue weighted by Gasteiger charge is 2.36. The average Bonchev–Trinajstić information content (AvgIpc) is 3.18. The predicted octanol–water partition coefficient (Wildman–Crippen LogP) is 4.11. The van der Waals surface area contributed by atoms with Crippen molar-refractivity contribution in [3.05, 3.63) is 41.7 Å². The van der Waals surface area contributed by atoms with Crippen LogP contribution in [0.25, 0.3) is 0 Å². The minimum atomic E-state index is -4.69. The molecule has 2 aromatic rings.